The Hall–Kier alpha value is -3.85. The quantitative estimate of drug-likeness (QED) is 0.0127. The first-order chi connectivity index (χ1) is 32.0. The molecule has 382 valence electrons. The smallest absolute Gasteiger partial charge is 0.280 e. The van der Waals surface area contributed by atoms with Crippen molar-refractivity contribution in [3.05, 3.63) is 35.8 Å². The van der Waals surface area contributed by atoms with E-state index in [0.29, 0.717) is 0 Å². The predicted molar refractivity (Wildman–Crippen MR) is 207 cm³/mol. The van der Waals surface area contributed by atoms with Gasteiger partial charge in [0.2, 0.25) is 15.5 Å². The Labute approximate surface area is 382 Å². The second-order valence-corrected chi connectivity index (χ2v) is 22.4. The molecule has 6 heterocycles. The van der Waals surface area contributed by atoms with Gasteiger partial charge >= 0.3 is 0 Å². The molecule has 8 unspecified atom stereocenters. The van der Waals surface area contributed by atoms with E-state index in [0.717, 1.165) is 12.7 Å². The number of rotatable bonds is 21. The van der Waals surface area contributed by atoms with Crippen LogP contribution in [0.2, 0.25) is 0 Å². The van der Waals surface area contributed by atoms with E-state index in [2.05, 4.69) is 66.2 Å². The van der Waals surface area contributed by atoms with Gasteiger partial charge < -0.3 is 79.8 Å². The second-order valence-electron chi connectivity index (χ2n) is 13.0. The van der Waals surface area contributed by atoms with Crippen LogP contribution in [0.15, 0.2) is 30.4 Å². The van der Waals surface area contributed by atoms with Gasteiger partial charge in [-0.15, -0.1) is 6.42 Å². The molecule has 0 radical (unpaired) electrons. The van der Waals surface area contributed by atoms with Crippen molar-refractivity contribution in [1.82, 2.24) is 49.2 Å². The highest BCUT2D eigenvalue weighted by Gasteiger charge is 2.46. The van der Waals surface area contributed by atoms with Crippen molar-refractivity contribution in [2.75, 3.05) is 37.9 Å². The summed E-state index contributed by atoms with van der Waals surface area (Å²) in [6.45, 7) is -3.68. The van der Waals surface area contributed by atoms with E-state index < -0.39 is 122 Å². The minimum Gasteiger partial charge on any atom is -0.766 e. The van der Waals surface area contributed by atoms with Gasteiger partial charge in [-0.3, -0.25) is 50.2 Å². The van der Waals surface area contributed by atoms with Crippen molar-refractivity contribution in [2.45, 2.75) is 49.1 Å². The molecule has 0 bridgehead atoms. The van der Waals surface area contributed by atoms with E-state index in [-0.39, 0.29) is 34.0 Å². The maximum atomic E-state index is 11.9. The number of hydrogen-bond acceptors (Lipinski definition) is 33. The molecular formula is C24H31N15O24P6-6. The highest BCUT2D eigenvalue weighted by atomic mass is 31.3. The van der Waals surface area contributed by atoms with Crippen LogP contribution in [-0.2, 0) is 63.2 Å². The van der Waals surface area contributed by atoms with Crippen LogP contribution in [0.25, 0.3) is 32.8 Å². The third kappa shape index (κ3) is 14.9. The van der Waals surface area contributed by atoms with Crippen LogP contribution in [0.5, 0.6) is 0 Å². The molecule has 39 nitrogen and oxygen atoms in total. The zero-order valence-corrected chi connectivity index (χ0v) is 38.9. The zero-order chi connectivity index (χ0) is 51.3. The lowest BCUT2D eigenvalue weighted by atomic mass is 10.1. The van der Waals surface area contributed by atoms with Gasteiger partial charge in [-0.25, -0.2) is 43.6 Å². The number of fused-ring (bicyclic) bond motifs is 2. The van der Waals surface area contributed by atoms with Crippen molar-refractivity contribution in [2.24, 2.45) is 5.11 Å². The Morgan fingerprint density at radius 3 is 1.48 bits per heavy atom. The number of phosphoric acid groups is 4. The molecule has 2 fully saturated rings. The molecule has 6 rings (SSSR count). The van der Waals surface area contributed by atoms with E-state index in [1.165, 1.54) is 32.0 Å². The average Bonchev–Trinajstić information content (AvgIpc) is 3.99. The van der Waals surface area contributed by atoms with Gasteiger partial charge in [0, 0.05) is 4.91 Å². The van der Waals surface area contributed by atoms with Gasteiger partial charge in [0.1, 0.15) is 60.3 Å². The standard InChI is InChI=1S/C13H19N6O12P3.C11H18N9O12P3/c1-2-3-18-32(22,23)30-34(26,27)31-33(24,25)28-4-7-9(20)10(21)13(29-7)19-6-17-8-11(14)15-5-16-12(8)19;12-9-6-10(15-2-14-9)20(4-16-6)11-8(22)7(21)5(30-11)1-29-34(25,26)32-35(27,28)31-33(23,24)18-3-17-19-13/h1,5-7,9-10,13,20-21H,3-4H2,(H,24,25)(H,26,27)(H2,14,15,16)(H2,18,22,23);2,4-5,7-8,11,21-22H,1,3H2,(H,25,26)(H,27,28)(H2,12,14,15)(H2,18,23,24)/p-6/t7-,9+,10?,13-;5-,7+,8?,11-/m11/s1. The first kappa shape index (κ1) is 56.1. The van der Waals surface area contributed by atoms with Gasteiger partial charge in [-0.1, -0.05) is 11.0 Å². The number of phosphoric ester groups is 2. The van der Waals surface area contributed by atoms with Gasteiger partial charge in [-0.2, -0.15) is 0 Å². The number of hydrogen-bond donors (Lipinski definition) is 8. The Kier molecular flexibility index (Phi) is 18.1. The van der Waals surface area contributed by atoms with Crippen LogP contribution >= 0.6 is 46.8 Å². The summed E-state index contributed by atoms with van der Waals surface area (Å²) < 4.78 is 106. The predicted octanol–water partition coefficient (Wildman–Crippen LogP) is -5.95. The Bertz CT molecular complexity index is 2880. The molecule has 2 aliphatic rings. The van der Waals surface area contributed by atoms with Crippen LogP contribution in [0.3, 0.4) is 0 Å². The molecule has 0 saturated carbocycles. The maximum absolute atomic E-state index is 11.9. The fraction of sp³-hybridized carbons (Fsp3) is 0.500. The molecule has 0 aromatic carbocycles. The van der Waals surface area contributed by atoms with E-state index in [1.54, 1.807) is 0 Å². The molecule has 69 heavy (non-hydrogen) atoms. The topological polar surface area (TPSA) is 608 Å². The second kappa shape index (κ2) is 22.3. The fourth-order valence-electron chi connectivity index (χ4n) is 5.57. The van der Waals surface area contributed by atoms with Crippen molar-refractivity contribution in [1.29, 1.82) is 0 Å². The minimum absolute atomic E-state index is 0.0194. The van der Waals surface area contributed by atoms with Gasteiger partial charge in [-0.05, 0) is 5.53 Å². The van der Waals surface area contributed by atoms with Crippen molar-refractivity contribution < 1.29 is 113 Å². The minimum atomic E-state index is -6.07. The number of ether oxygens (including phenoxy) is 2. The molecule has 4 aromatic rings. The molecule has 14 atom stereocenters. The van der Waals surface area contributed by atoms with E-state index in [9.17, 15) is 77.2 Å². The third-order valence-electron chi connectivity index (χ3n) is 8.38. The number of nitrogens with two attached hydrogens (primary N) is 2. The van der Waals surface area contributed by atoms with E-state index in [1.807, 2.05) is 5.92 Å². The number of nitrogen functional groups attached to an aromatic ring is 2. The summed E-state index contributed by atoms with van der Waals surface area (Å²) in [5.41, 5.74) is 20.0. The molecule has 0 aliphatic carbocycles. The number of aliphatic hydroxyl groups is 4. The van der Waals surface area contributed by atoms with Crippen molar-refractivity contribution >= 4 is 80.7 Å². The van der Waals surface area contributed by atoms with Crippen molar-refractivity contribution in [3.8, 4) is 12.3 Å². The van der Waals surface area contributed by atoms with Gasteiger partial charge in [0.05, 0.1) is 39.1 Å². The monoisotopic (exact) mass is 1100 g/mol. The summed E-state index contributed by atoms with van der Waals surface area (Å²) in [5.74, 6) is 1.88. The summed E-state index contributed by atoms with van der Waals surface area (Å²) in [6.07, 6.45) is -3.06. The summed E-state index contributed by atoms with van der Waals surface area (Å²) in [6, 6.07) is 0. The normalized spacial score (nSPS) is 27.8. The molecule has 2 aliphatic heterocycles. The number of nitrogens with zero attached hydrogens (tertiary/aromatic N) is 11. The SMILES string of the molecule is C#CCNP(=O)([O-])OP(=O)([O-])OP(=O)([O-])OC[C@H]1O[C@@H](n2cnc3c(N)ncnc32)C(O)[C@H]1O.[N-]=[N+]=NCNP(=O)([O-])OP(=O)([O-])OP(=O)([O-])OC[C@H]1O[C@@H](n2cnc3c(N)ncnc32)C(O)[C@H]1O. The van der Waals surface area contributed by atoms with E-state index >= 15 is 0 Å². The zero-order valence-electron chi connectivity index (χ0n) is 33.5. The number of aliphatic hydroxyl groups excluding tert-OH is 4. The summed E-state index contributed by atoms with van der Waals surface area (Å²) in [7, 11) is -34.4. The summed E-state index contributed by atoms with van der Waals surface area (Å²) >= 11 is 0. The largest absolute Gasteiger partial charge is 0.766 e. The maximum Gasteiger partial charge on any atom is 0.280 e. The Morgan fingerprint density at radius 1 is 0.681 bits per heavy atom. The first-order valence-electron chi connectivity index (χ1n) is 17.8. The summed E-state index contributed by atoms with van der Waals surface area (Å²) in [4.78, 5) is 95.3. The number of aromatic nitrogens is 8. The van der Waals surface area contributed by atoms with Crippen LogP contribution < -0.4 is 51.0 Å². The number of nitrogens with one attached hydrogen (secondary N) is 2. The van der Waals surface area contributed by atoms with Crippen LogP contribution in [0, 0.1) is 12.3 Å². The van der Waals surface area contributed by atoms with Gasteiger partial charge in [0.25, 0.3) is 31.3 Å². The number of imidazole rings is 2. The highest BCUT2D eigenvalue weighted by molar-refractivity contribution is 7.66. The van der Waals surface area contributed by atoms with E-state index in [4.69, 9.17) is 32.9 Å². The molecular weight excluding hydrogens is 1070 g/mol. The fourth-order valence-corrected chi connectivity index (χ4v) is 12.4. The molecule has 10 N–H and O–H groups in total. The van der Waals surface area contributed by atoms with Crippen LogP contribution in [0.1, 0.15) is 12.5 Å². The molecule has 0 spiro atoms. The molecule has 4 aromatic heterocycles. The lowest BCUT2D eigenvalue weighted by Gasteiger charge is -2.35. The van der Waals surface area contributed by atoms with Gasteiger partial charge in [0.15, 0.2) is 35.4 Å². The molecule has 0 amide bonds. The lowest BCUT2D eigenvalue weighted by molar-refractivity contribution is -0.250. The third-order valence-corrected chi connectivity index (χ3v) is 16.9. The molecule has 45 heteroatoms. The number of anilines is 2. The van der Waals surface area contributed by atoms with Crippen molar-refractivity contribution in [3.63, 3.8) is 0 Å². The first-order valence-corrected chi connectivity index (χ1v) is 26.8. The Balaban J connectivity index is 0.000000258. The molecule has 2 saturated heterocycles. The lowest BCUT2D eigenvalue weighted by Crippen LogP contribution is -2.34. The average molecular weight is 1100 g/mol. The Morgan fingerprint density at radius 2 is 1.09 bits per heavy atom. The van der Waals surface area contributed by atoms with Crippen LogP contribution in [-0.4, -0.2) is 123 Å². The number of terminal acetylenes is 1. The number of azide groups is 1. The summed E-state index contributed by atoms with van der Waals surface area (Å²) in [5, 5.41) is 46.7. The highest BCUT2D eigenvalue weighted by Crippen LogP contribution is 2.62. The van der Waals surface area contributed by atoms with Crippen LogP contribution in [0.4, 0.5) is 11.6 Å².